The molecule has 1 rings (SSSR count). The zero-order valence-corrected chi connectivity index (χ0v) is 9.83. The first-order valence-electron chi connectivity index (χ1n) is 4.35. The van der Waals surface area contributed by atoms with Crippen molar-refractivity contribution in [3.8, 4) is 0 Å². The van der Waals surface area contributed by atoms with Crippen molar-refractivity contribution in [2.45, 2.75) is 26.9 Å². The molecule has 0 saturated heterocycles. The number of hydrogen-bond donors (Lipinski definition) is 1. The second-order valence-corrected chi connectivity index (χ2v) is 3.22. The Labute approximate surface area is 93.5 Å². The highest BCUT2D eigenvalue weighted by Crippen LogP contribution is 2.31. The average molecular weight is 239 g/mol. The van der Waals surface area contributed by atoms with E-state index in [1.54, 1.807) is 0 Å². The van der Waals surface area contributed by atoms with Crippen LogP contribution in [0.4, 0.5) is 4.39 Å². The van der Waals surface area contributed by atoms with Crippen LogP contribution in [0.2, 0.25) is 10.0 Å². The molecular weight excluding hydrogens is 226 g/mol. The minimum atomic E-state index is -0.860. The molecule has 1 atom stereocenters. The lowest BCUT2D eigenvalue weighted by atomic mass is 10.1. The monoisotopic (exact) mass is 238 g/mol. The summed E-state index contributed by atoms with van der Waals surface area (Å²) in [7, 11) is 0. The van der Waals surface area contributed by atoms with Gasteiger partial charge in [-0.1, -0.05) is 37.0 Å². The molecule has 0 aliphatic carbocycles. The standard InChI is InChI=1S/C8H7Cl2FO.C2H6/c1-4(12)7-5(9)2-3-6(11)8(7)10;1-2/h2-4,12H,1H3;1-2H3. The van der Waals surface area contributed by atoms with Gasteiger partial charge in [0.05, 0.1) is 11.1 Å². The maximum Gasteiger partial charge on any atom is 0.142 e. The molecule has 80 valence electrons. The van der Waals surface area contributed by atoms with Gasteiger partial charge in [-0.25, -0.2) is 4.39 Å². The molecule has 0 saturated carbocycles. The summed E-state index contributed by atoms with van der Waals surface area (Å²) in [5, 5.41) is 9.34. The van der Waals surface area contributed by atoms with Crippen LogP contribution in [0.25, 0.3) is 0 Å². The van der Waals surface area contributed by atoms with Crippen LogP contribution >= 0.6 is 23.2 Å². The molecule has 0 amide bonds. The Kier molecular flexibility index (Phi) is 6.09. The Morgan fingerprint density at radius 3 is 2.14 bits per heavy atom. The van der Waals surface area contributed by atoms with Gasteiger partial charge >= 0.3 is 0 Å². The maximum atomic E-state index is 12.8. The van der Waals surface area contributed by atoms with E-state index in [0.717, 1.165) is 6.07 Å². The number of aliphatic hydroxyl groups excluding tert-OH is 1. The molecule has 1 unspecified atom stereocenters. The third-order valence-corrected chi connectivity index (χ3v) is 2.21. The number of hydrogen-bond acceptors (Lipinski definition) is 1. The predicted octanol–water partition coefficient (Wildman–Crippen LogP) is 4.21. The van der Waals surface area contributed by atoms with E-state index in [0.29, 0.717) is 0 Å². The summed E-state index contributed by atoms with van der Waals surface area (Å²) in [5.41, 5.74) is 0.235. The van der Waals surface area contributed by atoms with Gasteiger partial charge < -0.3 is 5.11 Å². The molecule has 0 spiro atoms. The van der Waals surface area contributed by atoms with Gasteiger partial charge in [0.2, 0.25) is 0 Å². The van der Waals surface area contributed by atoms with Gasteiger partial charge in [-0.2, -0.15) is 0 Å². The van der Waals surface area contributed by atoms with Crippen molar-refractivity contribution in [1.29, 1.82) is 0 Å². The van der Waals surface area contributed by atoms with Crippen molar-refractivity contribution >= 4 is 23.2 Å². The van der Waals surface area contributed by atoms with E-state index in [4.69, 9.17) is 23.2 Å². The van der Waals surface area contributed by atoms with Crippen molar-refractivity contribution in [3.05, 3.63) is 33.6 Å². The molecule has 0 fully saturated rings. The van der Waals surface area contributed by atoms with Crippen molar-refractivity contribution in [2.75, 3.05) is 0 Å². The van der Waals surface area contributed by atoms with Crippen molar-refractivity contribution in [2.24, 2.45) is 0 Å². The Morgan fingerprint density at radius 2 is 1.79 bits per heavy atom. The molecule has 0 bridgehead atoms. The lowest BCUT2D eigenvalue weighted by Gasteiger charge is -2.09. The zero-order chi connectivity index (χ0) is 11.3. The van der Waals surface area contributed by atoms with Gasteiger partial charge in [-0.15, -0.1) is 0 Å². The number of benzene rings is 1. The van der Waals surface area contributed by atoms with Gasteiger partial charge in [0.1, 0.15) is 5.82 Å². The average Bonchev–Trinajstić information content (AvgIpc) is 2.15. The van der Waals surface area contributed by atoms with E-state index in [9.17, 15) is 9.50 Å². The van der Waals surface area contributed by atoms with Crippen LogP contribution in [0.3, 0.4) is 0 Å². The van der Waals surface area contributed by atoms with Gasteiger partial charge in [-0.3, -0.25) is 0 Å². The summed E-state index contributed by atoms with van der Waals surface area (Å²) in [5.74, 6) is -0.572. The topological polar surface area (TPSA) is 20.2 Å². The molecule has 1 N–H and O–H groups in total. The summed E-state index contributed by atoms with van der Waals surface area (Å²) >= 11 is 11.3. The molecule has 14 heavy (non-hydrogen) atoms. The first kappa shape index (κ1) is 13.7. The Balaban J connectivity index is 0.000000791. The molecule has 4 heteroatoms. The van der Waals surface area contributed by atoms with E-state index in [2.05, 4.69) is 0 Å². The molecule has 0 aromatic heterocycles. The van der Waals surface area contributed by atoms with Crippen LogP contribution < -0.4 is 0 Å². The van der Waals surface area contributed by atoms with Crippen molar-refractivity contribution in [1.82, 2.24) is 0 Å². The SMILES string of the molecule is CC.CC(O)c1c(Cl)ccc(F)c1Cl. The smallest absolute Gasteiger partial charge is 0.142 e. The van der Waals surface area contributed by atoms with Crippen molar-refractivity contribution in [3.63, 3.8) is 0 Å². The summed E-state index contributed by atoms with van der Waals surface area (Å²) < 4.78 is 12.8. The molecule has 0 radical (unpaired) electrons. The maximum absolute atomic E-state index is 12.8. The quantitative estimate of drug-likeness (QED) is 0.727. The Hall–Kier alpha value is -0.310. The van der Waals surface area contributed by atoms with Crippen LogP contribution in [0.15, 0.2) is 12.1 Å². The van der Waals surface area contributed by atoms with E-state index in [1.165, 1.54) is 13.0 Å². The largest absolute Gasteiger partial charge is 0.389 e. The predicted molar refractivity (Wildman–Crippen MR) is 58.4 cm³/mol. The normalized spacial score (nSPS) is 11.6. The molecule has 0 heterocycles. The summed E-state index contributed by atoms with van der Waals surface area (Å²) in [6, 6.07) is 2.53. The zero-order valence-electron chi connectivity index (χ0n) is 8.31. The van der Waals surface area contributed by atoms with Crippen LogP contribution in [-0.2, 0) is 0 Å². The molecule has 0 aliphatic heterocycles. The van der Waals surface area contributed by atoms with Crippen LogP contribution in [0.5, 0.6) is 0 Å². The Morgan fingerprint density at radius 1 is 1.29 bits per heavy atom. The fourth-order valence-electron chi connectivity index (χ4n) is 0.926. The summed E-state index contributed by atoms with van der Waals surface area (Å²) in [4.78, 5) is 0. The lowest BCUT2D eigenvalue weighted by molar-refractivity contribution is 0.199. The van der Waals surface area contributed by atoms with Gasteiger partial charge in [0.25, 0.3) is 0 Å². The van der Waals surface area contributed by atoms with Crippen molar-refractivity contribution < 1.29 is 9.50 Å². The third-order valence-electron chi connectivity index (χ3n) is 1.50. The fourth-order valence-corrected chi connectivity index (χ4v) is 1.61. The second kappa shape index (κ2) is 6.23. The molecular formula is C10H13Cl2FO. The minimum absolute atomic E-state index is 0.113. The summed E-state index contributed by atoms with van der Waals surface area (Å²) in [6.07, 6.45) is -0.860. The second-order valence-electron chi connectivity index (χ2n) is 2.43. The third kappa shape index (κ3) is 3.12. The minimum Gasteiger partial charge on any atom is -0.389 e. The fraction of sp³-hybridized carbons (Fsp3) is 0.400. The highest BCUT2D eigenvalue weighted by atomic mass is 35.5. The first-order valence-corrected chi connectivity index (χ1v) is 5.11. The Bertz CT molecular complexity index is 300. The molecule has 1 nitrogen and oxygen atoms in total. The van der Waals surface area contributed by atoms with Crippen LogP contribution in [0.1, 0.15) is 32.4 Å². The van der Waals surface area contributed by atoms with Gasteiger partial charge in [0.15, 0.2) is 0 Å². The van der Waals surface area contributed by atoms with Gasteiger partial charge in [-0.05, 0) is 19.1 Å². The first-order chi connectivity index (χ1) is 6.54. The molecule has 1 aromatic rings. The van der Waals surface area contributed by atoms with Crippen LogP contribution in [-0.4, -0.2) is 5.11 Å². The number of rotatable bonds is 1. The van der Waals surface area contributed by atoms with Crippen LogP contribution in [0, 0.1) is 5.82 Å². The molecule has 0 aliphatic rings. The number of halogens is 3. The van der Waals surface area contributed by atoms with E-state index < -0.39 is 11.9 Å². The summed E-state index contributed by atoms with van der Waals surface area (Å²) in [6.45, 7) is 5.48. The number of aliphatic hydroxyl groups is 1. The highest BCUT2D eigenvalue weighted by molar-refractivity contribution is 6.36. The van der Waals surface area contributed by atoms with Gasteiger partial charge in [0, 0.05) is 10.6 Å². The lowest BCUT2D eigenvalue weighted by Crippen LogP contribution is -1.95. The highest BCUT2D eigenvalue weighted by Gasteiger charge is 2.14. The van der Waals surface area contributed by atoms with E-state index in [-0.39, 0.29) is 15.6 Å². The van der Waals surface area contributed by atoms with E-state index in [1.807, 2.05) is 13.8 Å². The molecule has 1 aromatic carbocycles. The van der Waals surface area contributed by atoms with E-state index >= 15 is 0 Å².